The number of piperazine rings is 1. The lowest BCUT2D eigenvalue weighted by atomic mass is 10.0. The van der Waals surface area contributed by atoms with Crippen LogP contribution < -0.4 is 10.6 Å². The zero-order valence-electron chi connectivity index (χ0n) is 11.8. The average Bonchev–Trinajstić information content (AvgIpc) is 2.43. The smallest absolute Gasteiger partial charge is 0.242 e. The molecule has 0 bridgehead atoms. The Morgan fingerprint density at radius 3 is 2.79 bits per heavy atom. The van der Waals surface area contributed by atoms with Crippen LogP contribution in [0.1, 0.15) is 18.9 Å². The molecule has 1 saturated heterocycles. The predicted molar refractivity (Wildman–Crippen MR) is 78.3 cm³/mol. The molecule has 1 aliphatic rings. The van der Waals surface area contributed by atoms with Crippen molar-refractivity contribution in [3.63, 3.8) is 0 Å². The highest BCUT2D eigenvalue weighted by Crippen LogP contribution is 2.24. The van der Waals surface area contributed by atoms with Gasteiger partial charge in [-0.15, -0.1) is 0 Å². The summed E-state index contributed by atoms with van der Waals surface area (Å²) in [5, 5.41) is 0. The fraction of sp³-hybridized carbons (Fsp3) is 0.533. The number of anilines is 1. The highest BCUT2D eigenvalue weighted by Gasteiger charge is 2.29. The van der Waals surface area contributed by atoms with Crippen LogP contribution in [0.2, 0.25) is 0 Å². The molecule has 0 aliphatic carbocycles. The number of para-hydroxylation sites is 1. The Balaban J connectivity index is 2.22. The number of nitrogens with zero attached hydrogens (tertiary/aromatic N) is 2. The van der Waals surface area contributed by atoms with Gasteiger partial charge in [-0.25, -0.2) is 0 Å². The van der Waals surface area contributed by atoms with Gasteiger partial charge in [0.2, 0.25) is 5.91 Å². The van der Waals surface area contributed by atoms with E-state index in [-0.39, 0.29) is 11.9 Å². The standard InChI is InChI=1S/C15H23N3O/c1-3-12-6-4-5-7-14(12)18-10-13(8-9-16)17(2)15(19)11-18/h4-7,13H,3,8-11,16H2,1-2H3. The summed E-state index contributed by atoms with van der Waals surface area (Å²) >= 11 is 0. The highest BCUT2D eigenvalue weighted by atomic mass is 16.2. The Morgan fingerprint density at radius 1 is 1.37 bits per heavy atom. The van der Waals surface area contributed by atoms with Gasteiger partial charge in [-0.3, -0.25) is 4.79 Å². The summed E-state index contributed by atoms with van der Waals surface area (Å²) in [6, 6.07) is 8.55. The predicted octanol–water partition coefficient (Wildman–Crippen LogP) is 1.24. The van der Waals surface area contributed by atoms with Crippen LogP contribution in [-0.4, -0.2) is 43.5 Å². The third-order valence-corrected chi connectivity index (χ3v) is 3.91. The monoisotopic (exact) mass is 261 g/mol. The number of benzene rings is 1. The van der Waals surface area contributed by atoms with Crippen molar-refractivity contribution in [2.24, 2.45) is 5.73 Å². The molecule has 1 aliphatic heterocycles. The molecule has 0 saturated carbocycles. The average molecular weight is 261 g/mol. The van der Waals surface area contributed by atoms with Crippen LogP contribution >= 0.6 is 0 Å². The van der Waals surface area contributed by atoms with Gasteiger partial charge in [-0.1, -0.05) is 25.1 Å². The number of aryl methyl sites for hydroxylation is 1. The molecule has 0 aromatic heterocycles. The Hall–Kier alpha value is -1.55. The zero-order chi connectivity index (χ0) is 13.8. The third-order valence-electron chi connectivity index (χ3n) is 3.91. The summed E-state index contributed by atoms with van der Waals surface area (Å²) in [6.45, 7) is 4.10. The Bertz CT molecular complexity index is 447. The Morgan fingerprint density at radius 2 is 2.11 bits per heavy atom. The van der Waals surface area contributed by atoms with Gasteiger partial charge in [0.25, 0.3) is 0 Å². The van der Waals surface area contributed by atoms with Crippen LogP contribution in [0, 0.1) is 0 Å². The molecule has 104 valence electrons. The number of nitrogens with two attached hydrogens (primary N) is 1. The van der Waals surface area contributed by atoms with E-state index in [4.69, 9.17) is 5.73 Å². The van der Waals surface area contributed by atoms with E-state index in [1.807, 2.05) is 18.0 Å². The summed E-state index contributed by atoms with van der Waals surface area (Å²) in [5.74, 6) is 0.176. The van der Waals surface area contributed by atoms with Crippen LogP contribution in [0.25, 0.3) is 0 Å². The molecule has 4 heteroatoms. The lowest BCUT2D eigenvalue weighted by Crippen LogP contribution is -2.55. The molecule has 1 aromatic rings. The first-order valence-electron chi connectivity index (χ1n) is 6.96. The van der Waals surface area contributed by atoms with E-state index in [0.717, 1.165) is 19.4 Å². The first kappa shape index (κ1) is 13.9. The van der Waals surface area contributed by atoms with Gasteiger partial charge in [-0.2, -0.15) is 0 Å². The van der Waals surface area contributed by atoms with E-state index in [9.17, 15) is 4.79 Å². The normalized spacial score (nSPS) is 19.9. The number of hydrogen-bond acceptors (Lipinski definition) is 3. The van der Waals surface area contributed by atoms with Crippen molar-refractivity contribution in [1.82, 2.24) is 4.90 Å². The summed E-state index contributed by atoms with van der Waals surface area (Å²) in [7, 11) is 1.88. The maximum atomic E-state index is 12.1. The molecular weight excluding hydrogens is 238 g/mol. The minimum absolute atomic E-state index is 0.176. The van der Waals surface area contributed by atoms with Gasteiger partial charge in [0.05, 0.1) is 12.6 Å². The fourth-order valence-electron chi connectivity index (χ4n) is 2.70. The van der Waals surface area contributed by atoms with Crippen molar-refractivity contribution in [1.29, 1.82) is 0 Å². The molecule has 2 N–H and O–H groups in total. The SMILES string of the molecule is CCc1ccccc1N1CC(=O)N(C)C(CCN)C1. The van der Waals surface area contributed by atoms with Crippen LogP contribution in [-0.2, 0) is 11.2 Å². The molecule has 1 heterocycles. The molecule has 4 nitrogen and oxygen atoms in total. The summed E-state index contributed by atoms with van der Waals surface area (Å²) < 4.78 is 0. The molecule has 0 spiro atoms. The maximum absolute atomic E-state index is 12.1. The molecule has 1 aromatic carbocycles. The van der Waals surface area contributed by atoms with Crippen molar-refractivity contribution < 1.29 is 4.79 Å². The third kappa shape index (κ3) is 2.89. The van der Waals surface area contributed by atoms with E-state index in [0.29, 0.717) is 13.1 Å². The second-order valence-corrected chi connectivity index (χ2v) is 5.10. The Labute approximate surface area is 115 Å². The molecule has 1 atom stereocenters. The van der Waals surface area contributed by atoms with Gasteiger partial charge in [0.1, 0.15) is 0 Å². The zero-order valence-corrected chi connectivity index (χ0v) is 11.8. The number of hydrogen-bond donors (Lipinski definition) is 1. The number of amides is 1. The van der Waals surface area contributed by atoms with Crippen molar-refractivity contribution >= 4 is 11.6 Å². The summed E-state index contributed by atoms with van der Waals surface area (Å²) in [4.78, 5) is 16.1. The highest BCUT2D eigenvalue weighted by molar-refractivity contribution is 5.83. The summed E-state index contributed by atoms with van der Waals surface area (Å²) in [6.07, 6.45) is 1.84. The summed E-state index contributed by atoms with van der Waals surface area (Å²) in [5.41, 5.74) is 8.14. The lowest BCUT2D eigenvalue weighted by molar-refractivity contribution is -0.132. The molecule has 0 radical (unpaired) electrons. The van der Waals surface area contributed by atoms with Gasteiger partial charge < -0.3 is 15.5 Å². The first-order chi connectivity index (χ1) is 9.17. The number of carbonyl (C=O) groups excluding carboxylic acids is 1. The van der Waals surface area contributed by atoms with Crippen molar-refractivity contribution in [3.8, 4) is 0 Å². The molecule has 1 amide bonds. The van der Waals surface area contributed by atoms with E-state index >= 15 is 0 Å². The maximum Gasteiger partial charge on any atom is 0.242 e. The largest absolute Gasteiger partial charge is 0.360 e. The van der Waals surface area contributed by atoms with Crippen LogP contribution in [0.4, 0.5) is 5.69 Å². The minimum atomic E-state index is 0.176. The second-order valence-electron chi connectivity index (χ2n) is 5.10. The van der Waals surface area contributed by atoms with E-state index in [2.05, 4.69) is 30.0 Å². The molecule has 2 rings (SSSR count). The number of likely N-dealkylation sites (N-methyl/N-ethyl adjacent to an activating group) is 1. The van der Waals surface area contributed by atoms with E-state index in [1.165, 1.54) is 11.3 Å². The second kappa shape index (κ2) is 6.06. The topological polar surface area (TPSA) is 49.6 Å². The number of rotatable bonds is 4. The van der Waals surface area contributed by atoms with Gasteiger partial charge in [-0.05, 0) is 31.0 Å². The number of carbonyl (C=O) groups is 1. The van der Waals surface area contributed by atoms with Gasteiger partial charge in [0.15, 0.2) is 0 Å². The lowest BCUT2D eigenvalue weighted by Gasteiger charge is -2.40. The first-order valence-corrected chi connectivity index (χ1v) is 6.96. The fourth-order valence-corrected chi connectivity index (χ4v) is 2.70. The minimum Gasteiger partial charge on any atom is -0.360 e. The Kier molecular flexibility index (Phi) is 4.43. The van der Waals surface area contributed by atoms with Crippen molar-refractivity contribution in [2.75, 3.05) is 31.6 Å². The van der Waals surface area contributed by atoms with E-state index in [1.54, 1.807) is 0 Å². The van der Waals surface area contributed by atoms with E-state index < -0.39 is 0 Å². The van der Waals surface area contributed by atoms with Crippen molar-refractivity contribution in [3.05, 3.63) is 29.8 Å². The quantitative estimate of drug-likeness (QED) is 0.887. The molecule has 1 fully saturated rings. The van der Waals surface area contributed by atoms with Crippen LogP contribution in [0.15, 0.2) is 24.3 Å². The molecule has 1 unspecified atom stereocenters. The van der Waals surface area contributed by atoms with Crippen LogP contribution in [0.5, 0.6) is 0 Å². The van der Waals surface area contributed by atoms with Gasteiger partial charge in [0, 0.05) is 19.3 Å². The van der Waals surface area contributed by atoms with Crippen LogP contribution in [0.3, 0.4) is 0 Å². The molecule has 19 heavy (non-hydrogen) atoms. The van der Waals surface area contributed by atoms with Crippen molar-refractivity contribution in [2.45, 2.75) is 25.8 Å². The van der Waals surface area contributed by atoms with Gasteiger partial charge >= 0.3 is 0 Å². The molecular formula is C15H23N3O.